The summed E-state index contributed by atoms with van der Waals surface area (Å²) < 4.78 is 16.7. The first-order valence-electron chi connectivity index (χ1n) is 9.56. The molecule has 0 bridgehead atoms. The second-order valence-corrected chi connectivity index (χ2v) is 7.46. The summed E-state index contributed by atoms with van der Waals surface area (Å²) in [7, 11) is 3.17. The van der Waals surface area contributed by atoms with Crippen LogP contribution in [-0.2, 0) is 6.54 Å². The molecular formula is C23H25ClN2O4. The zero-order valence-corrected chi connectivity index (χ0v) is 18.2. The fraction of sp³-hybridized carbons (Fsp3) is 0.261. The molecule has 0 saturated heterocycles. The third kappa shape index (κ3) is 5.14. The van der Waals surface area contributed by atoms with Crippen molar-refractivity contribution in [2.24, 2.45) is 0 Å². The Morgan fingerprint density at radius 1 is 1.03 bits per heavy atom. The summed E-state index contributed by atoms with van der Waals surface area (Å²) in [4.78, 5) is 12.7. The van der Waals surface area contributed by atoms with Crippen LogP contribution in [0.5, 0.6) is 11.5 Å². The second kappa shape index (κ2) is 9.69. The molecule has 1 amide bonds. The fourth-order valence-corrected chi connectivity index (χ4v) is 3.08. The van der Waals surface area contributed by atoms with E-state index in [4.69, 9.17) is 25.5 Å². The molecule has 0 radical (unpaired) electrons. The van der Waals surface area contributed by atoms with Gasteiger partial charge in [-0.15, -0.1) is 0 Å². The van der Waals surface area contributed by atoms with Crippen molar-refractivity contribution in [1.82, 2.24) is 5.32 Å². The van der Waals surface area contributed by atoms with Gasteiger partial charge in [0.15, 0.2) is 5.76 Å². The fourth-order valence-electron chi connectivity index (χ4n) is 2.96. The zero-order chi connectivity index (χ0) is 21.7. The summed E-state index contributed by atoms with van der Waals surface area (Å²) in [6.45, 7) is 4.71. The van der Waals surface area contributed by atoms with E-state index in [1.54, 1.807) is 50.6 Å². The first-order chi connectivity index (χ1) is 14.4. The Morgan fingerprint density at radius 3 is 2.23 bits per heavy atom. The number of nitrogens with one attached hydrogen (secondary N) is 2. The highest BCUT2D eigenvalue weighted by molar-refractivity contribution is 6.30. The van der Waals surface area contributed by atoms with E-state index in [1.807, 2.05) is 12.1 Å². The Balaban J connectivity index is 1.80. The number of rotatable bonds is 8. The maximum Gasteiger partial charge on any atom is 0.291 e. The molecule has 2 N–H and O–H groups in total. The first-order valence-corrected chi connectivity index (χ1v) is 9.94. The molecule has 1 heterocycles. The van der Waals surface area contributed by atoms with Gasteiger partial charge < -0.3 is 24.5 Å². The molecule has 3 aromatic rings. The van der Waals surface area contributed by atoms with Gasteiger partial charge in [0.2, 0.25) is 0 Å². The first kappa shape index (κ1) is 21.7. The van der Waals surface area contributed by atoms with E-state index in [0.717, 1.165) is 11.1 Å². The average Bonchev–Trinajstić information content (AvgIpc) is 3.23. The van der Waals surface area contributed by atoms with Gasteiger partial charge in [-0.2, -0.15) is 0 Å². The molecule has 30 heavy (non-hydrogen) atoms. The quantitative estimate of drug-likeness (QED) is 0.504. The number of halogens is 1. The normalized spacial score (nSPS) is 10.9. The number of ether oxygens (including phenoxy) is 2. The number of carbonyl (C=O) groups is 1. The molecule has 3 rings (SSSR count). The van der Waals surface area contributed by atoms with Crippen LogP contribution in [0.4, 0.5) is 5.69 Å². The molecule has 0 aliphatic carbocycles. The molecule has 6 nitrogen and oxygen atoms in total. The van der Waals surface area contributed by atoms with Crippen LogP contribution in [0.2, 0.25) is 5.02 Å². The minimum absolute atomic E-state index is 0.198. The highest BCUT2D eigenvalue weighted by atomic mass is 35.5. The van der Waals surface area contributed by atoms with Crippen LogP contribution in [-0.4, -0.2) is 26.2 Å². The summed E-state index contributed by atoms with van der Waals surface area (Å²) in [6, 6.07) is 14.4. The lowest BCUT2D eigenvalue weighted by Crippen LogP contribution is -2.22. The highest BCUT2D eigenvalue weighted by Gasteiger charge is 2.17. The van der Waals surface area contributed by atoms with Gasteiger partial charge in [-0.25, -0.2) is 0 Å². The number of benzene rings is 2. The number of hydrogen-bond donors (Lipinski definition) is 2. The van der Waals surface area contributed by atoms with Gasteiger partial charge in [0.05, 0.1) is 19.8 Å². The summed E-state index contributed by atoms with van der Waals surface area (Å²) in [5, 5.41) is 6.83. The van der Waals surface area contributed by atoms with Crippen LogP contribution >= 0.6 is 11.6 Å². The summed E-state index contributed by atoms with van der Waals surface area (Å²) in [5.41, 5.74) is 2.27. The smallest absolute Gasteiger partial charge is 0.291 e. The van der Waals surface area contributed by atoms with Crippen LogP contribution < -0.4 is 20.1 Å². The van der Waals surface area contributed by atoms with Crippen molar-refractivity contribution in [2.75, 3.05) is 19.5 Å². The Kier molecular flexibility index (Phi) is 7.03. The molecule has 158 valence electrons. The molecule has 2 aromatic carbocycles. The lowest BCUT2D eigenvalue weighted by Gasteiger charge is -2.17. The number of amides is 1. The predicted molar refractivity (Wildman–Crippen MR) is 119 cm³/mol. The molecule has 0 aliphatic heterocycles. The summed E-state index contributed by atoms with van der Waals surface area (Å²) in [6.07, 6.45) is 0. The van der Waals surface area contributed by atoms with Crippen molar-refractivity contribution in [3.05, 3.63) is 64.9 Å². The summed E-state index contributed by atoms with van der Waals surface area (Å²) >= 11 is 5.92. The monoisotopic (exact) mass is 428 g/mol. The van der Waals surface area contributed by atoms with Crippen LogP contribution in [0.15, 0.2) is 52.9 Å². The maximum atomic E-state index is 12.7. The van der Waals surface area contributed by atoms with Crippen molar-refractivity contribution in [1.29, 1.82) is 0 Å². The lowest BCUT2D eigenvalue weighted by molar-refractivity contribution is 0.0997. The number of hydrogen-bond acceptors (Lipinski definition) is 5. The standard InChI is InChI=1S/C23H25ClN2O4/c1-14(2)25-13-18-21(28-3)11-17(12-22(18)29-4)26-23(27)20-10-9-19(30-20)15-5-7-16(24)8-6-15/h5-12,14,25H,13H2,1-4H3,(H,26,27). The Bertz CT molecular complexity index is 987. The van der Waals surface area contributed by atoms with Gasteiger partial charge >= 0.3 is 0 Å². The van der Waals surface area contributed by atoms with Gasteiger partial charge in [0.25, 0.3) is 5.91 Å². The predicted octanol–water partition coefficient (Wildman–Crippen LogP) is 5.37. The topological polar surface area (TPSA) is 72.7 Å². The van der Waals surface area contributed by atoms with Crippen molar-refractivity contribution in [3.8, 4) is 22.8 Å². The molecule has 0 atom stereocenters. The van der Waals surface area contributed by atoms with E-state index in [0.29, 0.717) is 40.6 Å². The van der Waals surface area contributed by atoms with E-state index in [-0.39, 0.29) is 11.7 Å². The Hall–Kier alpha value is -2.96. The second-order valence-electron chi connectivity index (χ2n) is 7.02. The van der Waals surface area contributed by atoms with Crippen LogP contribution in [0.25, 0.3) is 11.3 Å². The summed E-state index contributed by atoms with van der Waals surface area (Å²) in [5.74, 6) is 1.66. The largest absolute Gasteiger partial charge is 0.496 e. The van der Waals surface area contributed by atoms with Gasteiger partial charge in [-0.3, -0.25) is 4.79 Å². The van der Waals surface area contributed by atoms with E-state index in [1.165, 1.54) is 0 Å². The third-order valence-electron chi connectivity index (χ3n) is 4.51. The van der Waals surface area contributed by atoms with Crippen LogP contribution in [0.3, 0.4) is 0 Å². The number of carbonyl (C=O) groups excluding carboxylic acids is 1. The molecular weight excluding hydrogens is 404 g/mol. The third-order valence-corrected chi connectivity index (χ3v) is 4.76. The highest BCUT2D eigenvalue weighted by Crippen LogP contribution is 2.33. The number of methoxy groups -OCH3 is 2. The van der Waals surface area contributed by atoms with Crippen molar-refractivity contribution >= 4 is 23.2 Å². The van der Waals surface area contributed by atoms with E-state index in [9.17, 15) is 4.79 Å². The Labute approximate surface area is 181 Å². The van der Waals surface area contributed by atoms with Crippen molar-refractivity contribution in [2.45, 2.75) is 26.4 Å². The average molecular weight is 429 g/mol. The molecule has 0 saturated carbocycles. The van der Waals surface area contributed by atoms with Gasteiger partial charge in [-0.05, 0) is 36.4 Å². The minimum Gasteiger partial charge on any atom is -0.496 e. The SMILES string of the molecule is COc1cc(NC(=O)c2ccc(-c3ccc(Cl)cc3)o2)cc(OC)c1CNC(C)C. The van der Waals surface area contributed by atoms with Gasteiger partial charge in [-0.1, -0.05) is 25.4 Å². The van der Waals surface area contributed by atoms with E-state index in [2.05, 4.69) is 24.5 Å². The molecule has 0 spiro atoms. The molecule has 0 unspecified atom stereocenters. The maximum absolute atomic E-state index is 12.7. The van der Waals surface area contributed by atoms with Crippen LogP contribution in [0.1, 0.15) is 30.0 Å². The van der Waals surface area contributed by atoms with E-state index < -0.39 is 0 Å². The number of anilines is 1. The number of furan rings is 1. The zero-order valence-electron chi connectivity index (χ0n) is 17.4. The van der Waals surface area contributed by atoms with Crippen molar-refractivity contribution < 1.29 is 18.7 Å². The van der Waals surface area contributed by atoms with Gasteiger partial charge in [0.1, 0.15) is 17.3 Å². The molecule has 0 aliphatic rings. The molecule has 1 aromatic heterocycles. The van der Waals surface area contributed by atoms with Gasteiger partial charge in [0, 0.05) is 41.0 Å². The van der Waals surface area contributed by atoms with Crippen molar-refractivity contribution in [3.63, 3.8) is 0 Å². The minimum atomic E-state index is -0.368. The Morgan fingerprint density at radius 2 is 1.67 bits per heavy atom. The lowest BCUT2D eigenvalue weighted by atomic mass is 10.1. The molecule has 0 fully saturated rings. The molecule has 7 heteroatoms. The van der Waals surface area contributed by atoms with Crippen LogP contribution in [0, 0.1) is 0 Å². The van der Waals surface area contributed by atoms with E-state index >= 15 is 0 Å².